The molecule has 2 aliphatic rings. The van der Waals surface area contributed by atoms with Crippen molar-refractivity contribution < 1.29 is 19.0 Å². The highest BCUT2D eigenvalue weighted by molar-refractivity contribution is 8.93. The summed E-state index contributed by atoms with van der Waals surface area (Å²) < 4.78 is 16.8. The smallest absolute Gasteiger partial charge is 0.182 e. The first kappa shape index (κ1) is 22.2. The summed E-state index contributed by atoms with van der Waals surface area (Å²) in [6.45, 7) is 2.01. The molecule has 30 heavy (non-hydrogen) atoms. The number of hydrogen-bond donors (Lipinski definition) is 0. The first-order valence-electron chi connectivity index (χ1n) is 10.1. The lowest BCUT2D eigenvalue weighted by Gasteiger charge is -2.27. The van der Waals surface area contributed by atoms with Crippen LogP contribution in [0.5, 0.6) is 17.2 Å². The number of Topliss-reactive ketones (excluding diaryl/α,β-unsaturated/α-hetero) is 1. The minimum absolute atomic E-state index is 0. The van der Waals surface area contributed by atoms with Crippen LogP contribution in [0.3, 0.4) is 0 Å². The van der Waals surface area contributed by atoms with E-state index in [4.69, 9.17) is 19.2 Å². The number of carbonyl (C=O) groups is 1. The largest absolute Gasteiger partial charge is 0.495 e. The van der Waals surface area contributed by atoms with Crippen molar-refractivity contribution in [1.29, 1.82) is 0 Å². The summed E-state index contributed by atoms with van der Waals surface area (Å²) in [6.07, 6.45) is 4.16. The van der Waals surface area contributed by atoms with Gasteiger partial charge in [0.1, 0.15) is 24.8 Å². The van der Waals surface area contributed by atoms with Crippen molar-refractivity contribution >= 4 is 34.3 Å². The second-order valence-corrected chi connectivity index (χ2v) is 7.15. The zero-order valence-electron chi connectivity index (χ0n) is 17.1. The molecule has 160 valence electrons. The fraction of sp³-hybridized carbons (Fsp3) is 0.391. The Hall–Kier alpha value is -2.54. The standard InChI is InChI=1S/C23H26N2O4.BrH/c1-27-20-8-5-4-7-18(20)25(23-9-3-2-6-12-24-23)16-19(26)17-10-11-21-22(15-17)29-14-13-28-21;/h4-5,7-8,10-11,15H,2-3,6,9,12-14,16H2,1H3;1H. The molecule has 2 aliphatic heterocycles. The van der Waals surface area contributed by atoms with Gasteiger partial charge < -0.3 is 19.1 Å². The summed E-state index contributed by atoms with van der Waals surface area (Å²) in [5, 5.41) is 0. The van der Waals surface area contributed by atoms with Crippen LogP contribution in [0.1, 0.15) is 36.0 Å². The number of halogens is 1. The molecule has 0 bridgehead atoms. The molecule has 2 aromatic carbocycles. The summed E-state index contributed by atoms with van der Waals surface area (Å²) in [5.41, 5.74) is 1.46. The maximum Gasteiger partial charge on any atom is 0.182 e. The number of benzene rings is 2. The van der Waals surface area contributed by atoms with Gasteiger partial charge in [-0.3, -0.25) is 9.79 Å². The van der Waals surface area contributed by atoms with Crippen LogP contribution < -0.4 is 19.1 Å². The number of anilines is 1. The molecule has 0 radical (unpaired) electrons. The number of carbonyl (C=O) groups excluding carboxylic acids is 1. The minimum atomic E-state index is -0.000161. The lowest BCUT2D eigenvalue weighted by Crippen LogP contribution is -2.36. The highest BCUT2D eigenvalue weighted by atomic mass is 79.9. The van der Waals surface area contributed by atoms with Gasteiger partial charge in [0.2, 0.25) is 0 Å². The zero-order valence-corrected chi connectivity index (χ0v) is 18.8. The van der Waals surface area contributed by atoms with Crippen molar-refractivity contribution in [3.63, 3.8) is 0 Å². The van der Waals surface area contributed by atoms with Crippen molar-refractivity contribution in [2.75, 3.05) is 38.3 Å². The average Bonchev–Trinajstić information content (AvgIpc) is 3.06. The number of aliphatic imine (C=N–C) groups is 1. The van der Waals surface area contributed by atoms with E-state index >= 15 is 0 Å². The Bertz CT molecular complexity index is 916. The van der Waals surface area contributed by atoms with E-state index in [9.17, 15) is 4.79 Å². The Morgan fingerprint density at radius 2 is 1.87 bits per heavy atom. The van der Waals surface area contributed by atoms with Gasteiger partial charge in [-0.1, -0.05) is 18.6 Å². The van der Waals surface area contributed by atoms with E-state index in [1.54, 1.807) is 25.3 Å². The number of para-hydroxylation sites is 2. The molecule has 0 aromatic heterocycles. The van der Waals surface area contributed by atoms with Crippen LogP contribution >= 0.6 is 17.0 Å². The second kappa shape index (κ2) is 10.5. The van der Waals surface area contributed by atoms with Crippen molar-refractivity contribution in [1.82, 2.24) is 0 Å². The van der Waals surface area contributed by atoms with E-state index in [-0.39, 0.29) is 29.3 Å². The van der Waals surface area contributed by atoms with E-state index < -0.39 is 0 Å². The van der Waals surface area contributed by atoms with Crippen LogP contribution in [0.15, 0.2) is 47.5 Å². The summed E-state index contributed by atoms with van der Waals surface area (Å²) in [6, 6.07) is 13.1. The number of methoxy groups -OCH3 is 1. The molecular weight excluding hydrogens is 448 g/mol. The molecule has 0 saturated heterocycles. The van der Waals surface area contributed by atoms with E-state index in [0.29, 0.717) is 30.3 Å². The Labute approximate surface area is 187 Å². The molecule has 0 amide bonds. The average molecular weight is 475 g/mol. The van der Waals surface area contributed by atoms with Gasteiger partial charge in [0.25, 0.3) is 0 Å². The fourth-order valence-corrected chi connectivity index (χ4v) is 3.70. The number of nitrogens with zero attached hydrogens (tertiary/aromatic N) is 2. The van der Waals surface area contributed by atoms with Gasteiger partial charge in [-0.25, -0.2) is 0 Å². The van der Waals surface area contributed by atoms with E-state index in [1.165, 1.54) is 0 Å². The SMILES string of the molecule is Br.COc1ccccc1N(CC(=O)c1ccc2c(c1)OCCO2)C1=NCCCCC1. The highest BCUT2D eigenvalue weighted by Crippen LogP contribution is 2.32. The van der Waals surface area contributed by atoms with Crippen LogP contribution in [0.4, 0.5) is 5.69 Å². The molecule has 0 spiro atoms. The van der Waals surface area contributed by atoms with Gasteiger partial charge in [0.05, 0.1) is 19.3 Å². The first-order chi connectivity index (χ1) is 14.3. The Morgan fingerprint density at radius 1 is 1.07 bits per heavy atom. The quantitative estimate of drug-likeness (QED) is 0.587. The van der Waals surface area contributed by atoms with Crippen LogP contribution in [-0.4, -0.2) is 45.0 Å². The maximum absolute atomic E-state index is 13.2. The first-order valence-corrected chi connectivity index (χ1v) is 10.1. The van der Waals surface area contributed by atoms with Crippen LogP contribution in [-0.2, 0) is 0 Å². The third-order valence-corrected chi connectivity index (χ3v) is 5.21. The molecule has 0 aliphatic carbocycles. The molecule has 4 rings (SSSR count). The number of hydrogen-bond acceptors (Lipinski definition) is 6. The molecular formula is C23H27BrN2O4. The summed E-state index contributed by atoms with van der Waals surface area (Å²) in [5.74, 6) is 2.98. The predicted molar refractivity (Wildman–Crippen MR) is 123 cm³/mol. The Balaban J connectivity index is 0.00000256. The van der Waals surface area contributed by atoms with E-state index in [2.05, 4.69) is 0 Å². The highest BCUT2D eigenvalue weighted by Gasteiger charge is 2.23. The Morgan fingerprint density at radius 3 is 2.70 bits per heavy atom. The molecule has 0 unspecified atom stereocenters. The molecule has 7 heteroatoms. The van der Waals surface area contributed by atoms with Gasteiger partial charge in [-0.15, -0.1) is 17.0 Å². The zero-order chi connectivity index (χ0) is 20.1. The van der Waals surface area contributed by atoms with Crippen LogP contribution in [0.2, 0.25) is 0 Å². The topological polar surface area (TPSA) is 60.4 Å². The van der Waals surface area contributed by atoms with Gasteiger partial charge in [0.15, 0.2) is 17.3 Å². The van der Waals surface area contributed by atoms with Gasteiger partial charge in [-0.2, -0.15) is 0 Å². The molecule has 0 N–H and O–H groups in total. The fourth-order valence-electron chi connectivity index (χ4n) is 3.70. The second-order valence-electron chi connectivity index (χ2n) is 7.15. The van der Waals surface area contributed by atoms with Crippen molar-refractivity contribution in [3.05, 3.63) is 48.0 Å². The van der Waals surface area contributed by atoms with Crippen molar-refractivity contribution in [2.45, 2.75) is 25.7 Å². The van der Waals surface area contributed by atoms with Crippen molar-refractivity contribution in [2.24, 2.45) is 4.99 Å². The maximum atomic E-state index is 13.2. The third kappa shape index (κ3) is 4.95. The molecule has 0 saturated carbocycles. The van der Waals surface area contributed by atoms with Gasteiger partial charge >= 0.3 is 0 Å². The van der Waals surface area contributed by atoms with Crippen molar-refractivity contribution in [3.8, 4) is 17.2 Å². The lowest BCUT2D eigenvalue weighted by atomic mass is 10.1. The van der Waals surface area contributed by atoms with E-state index in [1.807, 2.05) is 29.2 Å². The van der Waals surface area contributed by atoms with E-state index in [0.717, 1.165) is 49.5 Å². The molecule has 2 heterocycles. The minimum Gasteiger partial charge on any atom is -0.495 e. The Kier molecular flexibility index (Phi) is 7.74. The number of amidine groups is 1. The lowest BCUT2D eigenvalue weighted by molar-refractivity contribution is 0.100. The number of rotatable bonds is 5. The normalized spacial score (nSPS) is 15.3. The summed E-state index contributed by atoms with van der Waals surface area (Å²) >= 11 is 0. The van der Waals surface area contributed by atoms with Gasteiger partial charge in [0, 0.05) is 18.5 Å². The van der Waals surface area contributed by atoms with Crippen LogP contribution in [0.25, 0.3) is 0 Å². The van der Waals surface area contributed by atoms with Gasteiger partial charge in [-0.05, 0) is 43.2 Å². The number of fused-ring (bicyclic) bond motifs is 1. The summed E-state index contributed by atoms with van der Waals surface area (Å²) in [4.78, 5) is 20.0. The molecule has 6 nitrogen and oxygen atoms in total. The summed E-state index contributed by atoms with van der Waals surface area (Å²) in [7, 11) is 1.65. The molecule has 0 fully saturated rings. The molecule has 2 aromatic rings. The van der Waals surface area contributed by atoms with Crippen LogP contribution in [0, 0.1) is 0 Å². The third-order valence-electron chi connectivity index (χ3n) is 5.21. The molecule has 0 atom stereocenters. The number of ketones is 1. The predicted octanol–water partition coefficient (Wildman–Crippen LogP) is 4.71. The monoisotopic (exact) mass is 474 g/mol. The number of ether oxygens (including phenoxy) is 3.